The van der Waals surface area contributed by atoms with Gasteiger partial charge in [0.05, 0.1) is 20.0 Å². The van der Waals surface area contributed by atoms with Crippen LogP contribution in [0.1, 0.15) is 40.8 Å². The molecule has 6 atom stereocenters. The third-order valence-electron chi connectivity index (χ3n) is 7.36. The van der Waals surface area contributed by atoms with Crippen molar-refractivity contribution in [2.24, 2.45) is 10.3 Å². The van der Waals surface area contributed by atoms with Gasteiger partial charge in [-0.2, -0.15) is 15.4 Å². The molecular formula is C30H38N7O9P. The van der Waals surface area contributed by atoms with Crippen LogP contribution in [0.25, 0.3) is 21.9 Å². The van der Waals surface area contributed by atoms with Crippen LogP contribution in [0.5, 0.6) is 17.4 Å². The number of imidazole rings is 1. The van der Waals surface area contributed by atoms with Crippen molar-refractivity contribution in [3.8, 4) is 17.4 Å². The van der Waals surface area contributed by atoms with Crippen molar-refractivity contribution < 1.29 is 43.4 Å². The number of aliphatic hydroxyl groups is 2. The second-order valence-corrected chi connectivity index (χ2v) is 13.3. The van der Waals surface area contributed by atoms with Gasteiger partial charge in [-0.3, -0.25) is 13.9 Å². The summed E-state index contributed by atoms with van der Waals surface area (Å²) >= 11 is 0. The molecule has 0 aliphatic carbocycles. The van der Waals surface area contributed by atoms with E-state index in [4.69, 9.17) is 29.2 Å². The van der Waals surface area contributed by atoms with Gasteiger partial charge in [0.1, 0.15) is 30.5 Å². The van der Waals surface area contributed by atoms with E-state index in [1.165, 1.54) is 31.9 Å². The Hall–Kier alpha value is -4.18. The Balaban J connectivity index is 1.34. The number of nitrogens with zero attached hydrogens (tertiary/aromatic N) is 5. The van der Waals surface area contributed by atoms with Gasteiger partial charge in [-0.05, 0) is 30.7 Å². The molecule has 3 heterocycles. The number of carbonyl (C=O) groups excluding carboxylic acids is 1. The molecule has 2 aromatic carbocycles. The lowest BCUT2D eigenvalue weighted by atomic mass is 9.96. The molecule has 17 heteroatoms. The van der Waals surface area contributed by atoms with E-state index in [0.717, 1.165) is 5.39 Å². The summed E-state index contributed by atoms with van der Waals surface area (Å²) in [6, 6.07) is 9.74. The van der Waals surface area contributed by atoms with Crippen LogP contribution < -0.4 is 30.1 Å². The first-order valence-electron chi connectivity index (χ1n) is 14.7. The summed E-state index contributed by atoms with van der Waals surface area (Å²) in [6.45, 7) is 8.72. The Morgan fingerprint density at radius 2 is 2.02 bits per heavy atom. The number of aliphatic hydroxyl groups excluding tert-OH is 1. The average molecular weight is 672 g/mol. The summed E-state index contributed by atoms with van der Waals surface area (Å²) < 4.78 is 29.9. The van der Waals surface area contributed by atoms with Crippen LogP contribution in [0.3, 0.4) is 0 Å². The summed E-state index contributed by atoms with van der Waals surface area (Å²) in [5.41, 5.74) is 6.87. The van der Waals surface area contributed by atoms with Crippen LogP contribution in [0.2, 0.25) is 0 Å². The van der Waals surface area contributed by atoms with Gasteiger partial charge in [0.25, 0.3) is 0 Å². The first-order chi connectivity index (χ1) is 22.2. The van der Waals surface area contributed by atoms with E-state index in [1.54, 1.807) is 24.3 Å². The number of hydrogen-bond acceptors (Lipinski definition) is 14. The fourth-order valence-corrected chi connectivity index (χ4v) is 5.55. The minimum atomic E-state index is -2.72. The zero-order valence-corrected chi connectivity index (χ0v) is 27.7. The maximum Gasteiger partial charge on any atom is 0.412 e. The molecule has 1 aliphatic rings. The van der Waals surface area contributed by atoms with Gasteiger partial charge in [0, 0.05) is 10.2 Å². The third-order valence-corrected chi connectivity index (χ3v) is 7.97. The molecule has 1 fully saturated rings. The number of nitrogens with one attached hydrogen (secondary N) is 1. The molecule has 5 N–H and O–H groups in total. The second-order valence-electron chi connectivity index (χ2n) is 12.5. The predicted molar refractivity (Wildman–Crippen MR) is 169 cm³/mol. The van der Waals surface area contributed by atoms with E-state index in [0.29, 0.717) is 10.9 Å². The zero-order chi connectivity index (χ0) is 34.1. The van der Waals surface area contributed by atoms with Crippen LogP contribution in [-0.4, -0.2) is 79.9 Å². The Kier molecular flexibility index (Phi) is 9.82. The monoisotopic (exact) mass is 671 g/mol. The maximum absolute atomic E-state index is 13.0. The standard InChI is InChI=1S/C30H38N7O9P/c1-16(26(39)44-14-29(2,3)4)35-36-47(41)46-22-18-10-8-7-9-17(18)11-12-19(22)43-13-20-23(38)30(5,40)27(45-20)37-15-32-21-24(37)33-28(31)34-25(21)42-6/h7-12,15-16,20,23,27,35,38,40H,13-14H2,1-6H3,(H2,31,33,34)/t16-,20+,23+,27+,30+/m0/s1. The first-order valence-corrected chi connectivity index (χ1v) is 15.8. The van der Waals surface area contributed by atoms with Crippen LogP contribution in [0.4, 0.5) is 5.95 Å². The quantitative estimate of drug-likeness (QED) is 0.102. The Morgan fingerprint density at radius 1 is 1.28 bits per heavy atom. The highest BCUT2D eigenvalue weighted by atomic mass is 31.1. The van der Waals surface area contributed by atoms with Crippen LogP contribution in [0.15, 0.2) is 47.6 Å². The van der Waals surface area contributed by atoms with Crippen molar-refractivity contribution in [2.45, 2.75) is 64.7 Å². The molecule has 5 rings (SSSR count). The van der Waals surface area contributed by atoms with E-state index in [-0.39, 0.29) is 47.6 Å². The normalized spacial score (nSPS) is 22.4. The van der Waals surface area contributed by atoms with Crippen molar-refractivity contribution in [2.75, 3.05) is 26.1 Å². The lowest BCUT2D eigenvalue weighted by Crippen LogP contribution is -2.44. The zero-order valence-electron chi connectivity index (χ0n) is 26.8. The molecule has 252 valence electrons. The Morgan fingerprint density at radius 3 is 2.74 bits per heavy atom. The number of fused-ring (bicyclic) bond motifs is 2. The summed E-state index contributed by atoms with van der Waals surface area (Å²) in [5.74, 6) is -0.189. The molecule has 1 unspecified atom stereocenters. The highest BCUT2D eigenvalue weighted by Crippen LogP contribution is 2.43. The van der Waals surface area contributed by atoms with E-state index in [2.05, 4.69) is 25.2 Å². The van der Waals surface area contributed by atoms with Crippen molar-refractivity contribution in [3.63, 3.8) is 0 Å². The number of hydrogen-bond donors (Lipinski definition) is 4. The summed E-state index contributed by atoms with van der Waals surface area (Å²) in [6.07, 6.45) is -2.21. The number of benzene rings is 2. The summed E-state index contributed by atoms with van der Waals surface area (Å²) in [5, 5.41) is 23.8. The number of carbonyl (C=O) groups is 1. The highest BCUT2D eigenvalue weighted by molar-refractivity contribution is 7.34. The van der Waals surface area contributed by atoms with Crippen molar-refractivity contribution in [1.82, 2.24) is 24.9 Å². The van der Waals surface area contributed by atoms with Crippen molar-refractivity contribution in [3.05, 3.63) is 42.7 Å². The molecule has 0 amide bonds. The highest BCUT2D eigenvalue weighted by Gasteiger charge is 2.54. The SMILES string of the molecule is COc1nc(N)nc2c1ncn2[C@@H]1O[C@H](COc2ccc3ccccc3c2O/[P+]([O-])=N\N[C@@H](C)C(=O)OCC(C)(C)C)[C@@H](O)[C@@]1(C)O. The fraction of sp³-hybridized carbons (Fsp3) is 0.467. The molecule has 1 aliphatic heterocycles. The van der Waals surface area contributed by atoms with E-state index in [9.17, 15) is 19.9 Å². The third kappa shape index (κ3) is 7.38. The largest absolute Gasteiger partial charge is 0.574 e. The fourth-order valence-electron chi connectivity index (χ4n) is 4.90. The van der Waals surface area contributed by atoms with E-state index in [1.807, 2.05) is 32.9 Å². The van der Waals surface area contributed by atoms with Gasteiger partial charge in [-0.1, -0.05) is 51.1 Å². The minimum Gasteiger partial charge on any atom is -0.574 e. The molecule has 16 nitrogen and oxygen atoms in total. The molecule has 4 aromatic rings. The van der Waals surface area contributed by atoms with Crippen LogP contribution in [0, 0.1) is 5.41 Å². The van der Waals surface area contributed by atoms with Gasteiger partial charge < -0.3 is 39.8 Å². The lowest BCUT2D eigenvalue weighted by molar-refractivity contribution is -0.169. The van der Waals surface area contributed by atoms with Gasteiger partial charge in [0.2, 0.25) is 17.6 Å². The van der Waals surface area contributed by atoms with Gasteiger partial charge >= 0.3 is 14.1 Å². The smallest absolute Gasteiger partial charge is 0.412 e. The molecule has 0 spiro atoms. The number of esters is 1. The number of ether oxygens (including phenoxy) is 4. The number of rotatable bonds is 11. The molecule has 47 heavy (non-hydrogen) atoms. The molecule has 1 saturated heterocycles. The predicted octanol–water partition coefficient (Wildman–Crippen LogP) is 2.38. The number of aromatic nitrogens is 4. The Labute approximate surface area is 271 Å². The number of anilines is 1. The number of methoxy groups -OCH3 is 1. The van der Waals surface area contributed by atoms with Crippen molar-refractivity contribution >= 4 is 42.0 Å². The molecular weight excluding hydrogens is 633 g/mol. The molecule has 0 radical (unpaired) electrons. The average Bonchev–Trinajstić information content (AvgIpc) is 3.54. The maximum atomic E-state index is 13.0. The van der Waals surface area contributed by atoms with Gasteiger partial charge in [-0.15, -0.1) is 0 Å². The first kappa shape index (κ1) is 34.2. The Bertz CT molecular complexity index is 1790. The summed E-state index contributed by atoms with van der Waals surface area (Å²) in [7, 11) is -1.31. The molecule has 2 aromatic heterocycles. The minimum absolute atomic E-state index is 0.0757. The van der Waals surface area contributed by atoms with Gasteiger partial charge in [-0.25, -0.2) is 4.98 Å². The topological polar surface area (TPSA) is 221 Å². The van der Waals surface area contributed by atoms with Crippen molar-refractivity contribution in [1.29, 1.82) is 0 Å². The second kappa shape index (κ2) is 13.5. The van der Waals surface area contributed by atoms with E-state index >= 15 is 0 Å². The lowest BCUT2D eigenvalue weighted by Gasteiger charge is -2.27. The number of nitrogens with two attached hydrogens (primary N) is 1. The molecule has 0 bridgehead atoms. The number of nitrogen functional groups attached to an aromatic ring is 1. The van der Waals surface area contributed by atoms with Crippen LogP contribution in [-0.2, 0) is 14.3 Å². The van der Waals surface area contributed by atoms with Gasteiger partial charge in [0.15, 0.2) is 23.1 Å². The van der Waals surface area contributed by atoms with E-state index < -0.39 is 44.2 Å². The van der Waals surface area contributed by atoms with Crippen LogP contribution >= 0.6 is 8.17 Å². The summed E-state index contributed by atoms with van der Waals surface area (Å²) in [4.78, 5) is 41.6. The molecule has 0 saturated carbocycles.